The van der Waals surface area contributed by atoms with Crippen molar-refractivity contribution < 1.29 is 9.90 Å². The molecule has 88 valence electrons. The normalized spacial score (nSPS) is 10.7. The highest BCUT2D eigenvalue weighted by Crippen LogP contribution is 2.18. The summed E-state index contributed by atoms with van der Waals surface area (Å²) in [4.78, 5) is 23.2. The molecule has 1 N–H and O–H groups in total. The van der Waals surface area contributed by atoms with Gasteiger partial charge < -0.3 is 5.11 Å². The summed E-state index contributed by atoms with van der Waals surface area (Å²) in [5.74, 6) is -1.17. The van der Waals surface area contributed by atoms with Crippen LogP contribution >= 0.6 is 0 Å². The van der Waals surface area contributed by atoms with E-state index in [1.54, 1.807) is 12.1 Å². The summed E-state index contributed by atoms with van der Waals surface area (Å²) in [5.41, 5.74) is 1.64. The quantitative estimate of drug-likeness (QED) is 0.734. The largest absolute Gasteiger partial charge is 0.475 e. The van der Waals surface area contributed by atoms with Crippen molar-refractivity contribution in [3.8, 4) is 5.69 Å². The Morgan fingerprint density at radius 3 is 2.72 bits per heavy atom. The summed E-state index contributed by atoms with van der Waals surface area (Å²) in [5, 5.41) is 9.20. The van der Waals surface area contributed by atoms with E-state index >= 15 is 0 Å². The number of fused-ring (bicyclic) bond motifs is 1. The number of benzene rings is 1. The number of aromatic nitrogens is 4. The molecule has 1 aromatic carbocycles. The van der Waals surface area contributed by atoms with E-state index in [4.69, 9.17) is 0 Å². The fourth-order valence-corrected chi connectivity index (χ4v) is 1.80. The average molecular weight is 240 g/mol. The van der Waals surface area contributed by atoms with Gasteiger partial charge in [0.05, 0.1) is 6.20 Å². The lowest BCUT2D eigenvalue weighted by Crippen LogP contribution is -2.08. The van der Waals surface area contributed by atoms with Crippen LogP contribution in [0.3, 0.4) is 0 Å². The SMILES string of the molecule is O=C(O)c1nc2cncnc2n1-c1ccccc1. The Kier molecular flexibility index (Phi) is 2.26. The predicted octanol–water partition coefficient (Wildman–Crippen LogP) is 1.51. The first kappa shape index (κ1) is 10.4. The summed E-state index contributed by atoms with van der Waals surface area (Å²) < 4.78 is 1.50. The second-order valence-corrected chi connectivity index (χ2v) is 3.64. The number of hydrogen-bond acceptors (Lipinski definition) is 4. The molecule has 0 unspecified atom stereocenters. The van der Waals surface area contributed by atoms with Crippen molar-refractivity contribution in [1.82, 2.24) is 19.5 Å². The van der Waals surface area contributed by atoms with Gasteiger partial charge in [-0.25, -0.2) is 19.7 Å². The standard InChI is InChI=1S/C12H8N4O2/c17-12(18)11-15-9-6-13-7-14-10(9)16(11)8-4-2-1-3-5-8/h1-7H,(H,17,18). The average Bonchev–Trinajstić information content (AvgIpc) is 2.79. The lowest BCUT2D eigenvalue weighted by molar-refractivity contribution is 0.0682. The van der Waals surface area contributed by atoms with E-state index in [1.165, 1.54) is 17.1 Å². The van der Waals surface area contributed by atoms with Gasteiger partial charge in [0.1, 0.15) is 11.8 Å². The zero-order valence-corrected chi connectivity index (χ0v) is 9.19. The van der Waals surface area contributed by atoms with Gasteiger partial charge >= 0.3 is 5.97 Å². The van der Waals surface area contributed by atoms with Crippen LogP contribution in [0.2, 0.25) is 0 Å². The Morgan fingerprint density at radius 2 is 2.00 bits per heavy atom. The van der Waals surface area contributed by atoms with Crippen molar-refractivity contribution in [2.75, 3.05) is 0 Å². The van der Waals surface area contributed by atoms with E-state index in [9.17, 15) is 9.90 Å². The number of para-hydroxylation sites is 1. The Morgan fingerprint density at radius 1 is 1.22 bits per heavy atom. The lowest BCUT2D eigenvalue weighted by Gasteiger charge is -2.05. The van der Waals surface area contributed by atoms with Crippen LogP contribution in [-0.2, 0) is 0 Å². The molecule has 0 aliphatic rings. The second kappa shape index (κ2) is 3.92. The van der Waals surface area contributed by atoms with Gasteiger partial charge in [-0.2, -0.15) is 0 Å². The van der Waals surface area contributed by atoms with Gasteiger partial charge in [-0.05, 0) is 12.1 Å². The van der Waals surface area contributed by atoms with Crippen LogP contribution in [0.1, 0.15) is 10.6 Å². The first-order valence-corrected chi connectivity index (χ1v) is 5.24. The molecule has 3 aromatic rings. The molecule has 0 bridgehead atoms. The summed E-state index contributed by atoms with van der Waals surface area (Å²) >= 11 is 0. The molecule has 2 heterocycles. The predicted molar refractivity (Wildman–Crippen MR) is 63.6 cm³/mol. The second-order valence-electron chi connectivity index (χ2n) is 3.64. The molecule has 0 radical (unpaired) electrons. The van der Waals surface area contributed by atoms with Crippen LogP contribution in [0.15, 0.2) is 42.9 Å². The van der Waals surface area contributed by atoms with E-state index < -0.39 is 5.97 Å². The monoisotopic (exact) mass is 240 g/mol. The van der Waals surface area contributed by atoms with Crippen LogP contribution in [0.5, 0.6) is 0 Å². The van der Waals surface area contributed by atoms with Crippen molar-refractivity contribution in [1.29, 1.82) is 0 Å². The zero-order chi connectivity index (χ0) is 12.5. The maximum absolute atomic E-state index is 11.2. The third-order valence-corrected chi connectivity index (χ3v) is 2.53. The van der Waals surface area contributed by atoms with Gasteiger partial charge in [0.15, 0.2) is 5.65 Å². The highest BCUT2D eigenvalue weighted by Gasteiger charge is 2.18. The van der Waals surface area contributed by atoms with Gasteiger partial charge in [0.25, 0.3) is 0 Å². The molecule has 6 heteroatoms. The van der Waals surface area contributed by atoms with Gasteiger partial charge in [0.2, 0.25) is 5.82 Å². The summed E-state index contributed by atoms with van der Waals surface area (Å²) in [7, 11) is 0. The van der Waals surface area contributed by atoms with Crippen LogP contribution in [-0.4, -0.2) is 30.6 Å². The highest BCUT2D eigenvalue weighted by molar-refractivity contribution is 5.89. The minimum atomic E-state index is -1.10. The Balaban J connectivity index is 2.38. The maximum atomic E-state index is 11.2. The first-order chi connectivity index (χ1) is 8.77. The topological polar surface area (TPSA) is 80.9 Å². The van der Waals surface area contributed by atoms with Crippen LogP contribution in [0, 0.1) is 0 Å². The van der Waals surface area contributed by atoms with E-state index in [0.29, 0.717) is 16.9 Å². The smallest absolute Gasteiger partial charge is 0.372 e. The number of nitrogens with zero attached hydrogens (tertiary/aromatic N) is 4. The molecule has 3 rings (SSSR count). The van der Waals surface area contributed by atoms with Gasteiger partial charge in [-0.3, -0.25) is 4.57 Å². The number of carboxylic acid groups (broad SMARTS) is 1. The Hall–Kier alpha value is -2.76. The molecule has 0 saturated heterocycles. The molecule has 6 nitrogen and oxygen atoms in total. The molecule has 0 spiro atoms. The van der Waals surface area contributed by atoms with E-state index in [-0.39, 0.29) is 5.82 Å². The number of hydrogen-bond donors (Lipinski definition) is 1. The minimum Gasteiger partial charge on any atom is -0.475 e. The van der Waals surface area contributed by atoms with Crippen molar-refractivity contribution in [3.05, 3.63) is 48.7 Å². The summed E-state index contributed by atoms with van der Waals surface area (Å²) in [6.45, 7) is 0. The third-order valence-electron chi connectivity index (χ3n) is 2.53. The number of carboxylic acids is 1. The zero-order valence-electron chi connectivity index (χ0n) is 9.19. The molecule has 0 fully saturated rings. The minimum absolute atomic E-state index is 0.0725. The highest BCUT2D eigenvalue weighted by atomic mass is 16.4. The Bertz CT molecular complexity index is 721. The fourth-order valence-electron chi connectivity index (χ4n) is 1.80. The molecule has 0 amide bonds. The summed E-state index contributed by atoms with van der Waals surface area (Å²) in [6, 6.07) is 9.12. The molecule has 0 saturated carbocycles. The lowest BCUT2D eigenvalue weighted by atomic mass is 10.3. The number of rotatable bonds is 2. The third kappa shape index (κ3) is 1.51. The molecular formula is C12H8N4O2. The van der Waals surface area contributed by atoms with Crippen molar-refractivity contribution in [3.63, 3.8) is 0 Å². The van der Waals surface area contributed by atoms with Gasteiger partial charge in [-0.15, -0.1) is 0 Å². The van der Waals surface area contributed by atoms with E-state index in [0.717, 1.165) is 0 Å². The molecule has 0 atom stereocenters. The number of aromatic carboxylic acids is 1. The first-order valence-electron chi connectivity index (χ1n) is 5.24. The van der Waals surface area contributed by atoms with Gasteiger partial charge in [0, 0.05) is 5.69 Å². The molecular weight excluding hydrogens is 232 g/mol. The maximum Gasteiger partial charge on any atom is 0.372 e. The van der Waals surface area contributed by atoms with Crippen LogP contribution < -0.4 is 0 Å². The van der Waals surface area contributed by atoms with E-state index in [1.807, 2.05) is 18.2 Å². The molecule has 0 aliphatic carbocycles. The summed E-state index contributed by atoms with van der Waals surface area (Å²) in [6.07, 6.45) is 2.86. The van der Waals surface area contributed by atoms with Crippen molar-refractivity contribution in [2.24, 2.45) is 0 Å². The molecule has 0 aliphatic heterocycles. The van der Waals surface area contributed by atoms with E-state index in [2.05, 4.69) is 15.0 Å². The number of carbonyl (C=O) groups is 1. The van der Waals surface area contributed by atoms with Crippen LogP contribution in [0.25, 0.3) is 16.9 Å². The van der Waals surface area contributed by atoms with Crippen molar-refractivity contribution in [2.45, 2.75) is 0 Å². The Labute approximate surface area is 102 Å². The molecule has 18 heavy (non-hydrogen) atoms. The van der Waals surface area contributed by atoms with Crippen molar-refractivity contribution >= 4 is 17.1 Å². The molecule has 2 aromatic heterocycles. The van der Waals surface area contributed by atoms with Crippen LogP contribution in [0.4, 0.5) is 0 Å². The fraction of sp³-hybridized carbons (Fsp3) is 0. The number of imidazole rings is 1. The van der Waals surface area contributed by atoms with Gasteiger partial charge in [-0.1, -0.05) is 18.2 Å².